The van der Waals surface area contributed by atoms with Crippen LogP contribution in [0.25, 0.3) is 11.0 Å². The molecule has 1 fully saturated rings. The molecule has 1 atom stereocenters. The van der Waals surface area contributed by atoms with Crippen LogP contribution in [0, 0.1) is 5.92 Å². The highest BCUT2D eigenvalue weighted by Crippen LogP contribution is 2.17. The molecule has 0 saturated carbocycles. The van der Waals surface area contributed by atoms with Crippen LogP contribution in [0.2, 0.25) is 0 Å². The zero-order valence-corrected chi connectivity index (χ0v) is 14.0. The van der Waals surface area contributed by atoms with Gasteiger partial charge in [0.05, 0.1) is 17.4 Å². The number of aryl methyl sites for hydroxylation is 1. The number of carbonyl (C=O) groups excluding carboxylic acids is 1. The highest BCUT2D eigenvalue weighted by Gasteiger charge is 2.18. The first kappa shape index (κ1) is 16.7. The van der Waals surface area contributed by atoms with E-state index in [1.54, 1.807) is 6.33 Å². The largest absolute Gasteiger partial charge is 0.396 e. The molecule has 0 unspecified atom stereocenters. The number of likely N-dealkylation sites (tertiary alicyclic amines) is 1. The van der Waals surface area contributed by atoms with Crippen molar-refractivity contribution < 1.29 is 9.90 Å². The Labute approximate surface area is 141 Å². The summed E-state index contributed by atoms with van der Waals surface area (Å²) in [4.78, 5) is 18.6. The van der Waals surface area contributed by atoms with Crippen molar-refractivity contribution in [1.29, 1.82) is 0 Å². The number of aliphatic hydroxyl groups is 1. The van der Waals surface area contributed by atoms with Crippen molar-refractivity contribution in [3.05, 3.63) is 24.5 Å². The third-order valence-corrected chi connectivity index (χ3v) is 4.56. The fourth-order valence-corrected chi connectivity index (χ4v) is 3.22. The number of rotatable bonds is 5. The Morgan fingerprint density at radius 3 is 3.17 bits per heavy atom. The van der Waals surface area contributed by atoms with Crippen molar-refractivity contribution in [2.45, 2.75) is 12.8 Å². The van der Waals surface area contributed by atoms with Gasteiger partial charge in [-0.1, -0.05) is 0 Å². The van der Waals surface area contributed by atoms with Crippen LogP contribution in [0.5, 0.6) is 0 Å². The van der Waals surface area contributed by atoms with Crippen LogP contribution in [-0.2, 0) is 7.05 Å². The number of nitrogens with zero attached hydrogens (tertiary/aromatic N) is 3. The van der Waals surface area contributed by atoms with Gasteiger partial charge in [-0.15, -0.1) is 0 Å². The average Bonchev–Trinajstić information content (AvgIpc) is 2.95. The topological polar surface area (TPSA) is 82.4 Å². The predicted molar refractivity (Wildman–Crippen MR) is 94.0 cm³/mol. The minimum atomic E-state index is -0.207. The molecule has 2 heterocycles. The third-order valence-electron chi connectivity index (χ3n) is 4.56. The summed E-state index contributed by atoms with van der Waals surface area (Å²) < 4.78 is 1.94. The van der Waals surface area contributed by atoms with Gasteiger partial charge in [-0.25, -0.2) is 9.78 Å². The standard InChI is InChI=1S/C17H25N5O2/c1-21-12-19-15-9-14(4-5-16(15)21)20-17(24)18-6-8-22-7-2-3-13(10-22)11-23/h4-5,9,12-13,23H,2-3,6-8,10-11H2,1H3,(H2,18,20,24)/t13-/m0/s1. The van der Waals surface area contributed by atoms with Crippen LogP contribution in [0.15, 0.2) is 24.5 Å². The molecule has 7 nitrogen and oxygen atoms in total. The summed E-state index contributed by atoms with van der Waals surface area (Å²) in [5.41, 5.74) is 2.63. The lowest BCUT2D eigenvalue weighted by Crippen LogP contribution is -2.42. The van der Waals surface area contributed by atoms with Gasteiger partial charge in [-0.05, 0) is 43.5 Å². The Balaban J connectivity index is 1.45. The zero-order chi connectivity index (χ0) is 16.9. The maximum absolute atomic E-state index is 12.0. The smallest absolute Gasteiger partial charge is 0.319 e. The van der Waals surface area contributed by atoms with E-state index in [1.807, 2.05) is 29.8 Å². The highest BCUT2D eigenvalue weighted by atomic mass is 16.3. The van der Waals surface area contributed by atoms with Crippen molar-refractivity contribution in [3.8, 4) is 0 Å². The molecule has 0 aliphatic carbocycles. The maximum atomic E-state index is 12.0. The van der Waals surface area contributed by atoms with Gasteiger partial charge in [0.15, 0.2) is 0 Å². The van der Waals surface area contributed by atoms with Crippen LogP contribution in [-0.4, -0.2) is 58.4 Å². The summed E-state index contributed by atoms with van der Waals surface area (Å²) in [6.45, 7) is 3.60. The molecule has 7 heteroatoms. The van der Waals surface area contributed by atoms with Gasteiger partial charge in [0.2, 0.25) is 0 Å². The van der Waals surface area contributed by atoms with E-state index in [-0.39, 0.29) is 12.6 Å². The number of hydrogen-bond donors (Lipinski definition) is 3. The van der Waals surface area contributed by atoms with Crippen molar-refractivity contribution in [2.24, 2.45) is 13.0 Å². The van der Waals surface area contributed by atoms with E-state index in [9.17, 15) is 9.90 Å². The molecular formula is C17H25N5O2. The van der Waals surface area contributed by atoms with E-state index in [0.717, 1.165) is 49.2 Å². The lowest BCUT2D eigenvalue weighted by Gasteiger charge is -2.31. The number of piperidine rings is 1. The summed E-state index contributed by atoms with van der Waals surface area (Å²) in [7, 11) is 1.94. The number of amides is 2. The minimum absolute atomic E-state index is 0.207. The third kappa shape index (κ3) is 4.04. The SMILES string of the molecule is Cn1cnc2cc(NC(=O)NCCN3CCC[C@H](CO)C3)ccc21. The number of urea groups is 1. The number of nitrogens with one attached hydrogen (secondary N) is 2. The number of imidazole rings is 1. The molecule has 24 heavy (non-hydrogen) atoms. The second-order valence-electron chi connectivity index (χ2n) is 6.43. The molecule has 0 radical (unpaired) electrons. The van der Waals surface area contributed by atoms with Gasteiger partial charge < -0.3 is 25.2 Å². The maximum Gasteiger partial charge on any atom is 0.319 e. The van der Waals surface area contributed by atoms with Crippen molar-refractivity contribution in [1.82, 2.24) is 19.8 Å². The molecule has 3 rings (SSSR count). The van der Waals surface area contributed by atoms with E-state index >= 15 is 0 Å². The fraction of sp³-hybridized carbons (Fsp3) is 0.529. The number of hydrogen-bond acceptors (Lipinski definition) is 4. The van der Waals surface area contributed by atoms with E-state index < -0.39 is 0 Å². The number of fused-ring (bicyclic) bond motifs is 1. The molecule has 1 saturated heterocycles. The van der Waals surface area contributed by atoms with Gasteiger partial charge in [0, 0.05) is 39.0 Å². The molecule has 1 aromatic heterocycles. The van der Waals surface area contributed by atoms with Crippen molar-refractivity contribution in [2.75, 3.05) is 38.1 Å². The molecule has 3 N–H and O–H groups in total. The second-order valence-corrected chi connectivity index (χ2v) is 6.43. The summed E-state index contributed by atoms with van der Waals surface area (Å²) in [5.74, 6) is 0.373. The highest BCUT2D eigenvalue weighted by molar-refractivity contribution is 5.91. The van der Waals surface area contributed by atoms with Crippen LogP contribution >= 0.6 is 0 Å². The molecule has 0 spiro atoms. The van der Waals surface area contributed by atoms with Crippen molar-refractivity contribution in [3.63, 3.8) is 0 Å². The molecule has 0 bridgehead atoms. The Bertz CT molecular complexity index is 699. The Morgan fingerprint density at radius 1 is 1.46 bits per heavy atom. The number of benzene rings is 1. The summed E-state index contributed by atoms with van der Waals surface area (Å²) >= 11 is 0. The van der Waals surface area contributed by atoms with Gasteiger partial charge in [0.25, 0.3) is 0 Å². The molecular weight excluding hydrogens is 306 g/mol. The van der Waals surface area contributed by atoms with Gasteiger partial charge in [-0.3, -0.25) is 0 Å². The lowest BCUT2D eigenvalue weighted by atomic mass is 9.99. The van der Waals surface area contributed by atoms with Gasteiger partial charge in [-0.2, -0.15) is 0 Å². The second kappa shape index (κ2) is 7.63. The van der Waals surface area contributed by atoms with Crippen LogP contribution in [0.1, 0.15) is 12.8 Å². The molecule has 1 aromatic carbocycles. The average molecular weight is 331 g/mol. The Hall–Kier alpha value is -2.12. The zero-order valence-electron chi connectivity index (χ0n) is 14.0. The predicted octanol–water partition coefficient (Wildman–Crippen LogP) is 1.40. The monoisotopic (exact) mass is 331 g/mol. The molecule has 1 aliphatic heterocycles. The fourth-order valence-electron chi connectivity index (χ4n) is 3.22. The van der Waals surface area contributed by atoms with Gasteiger partial charge in [0.1, 0.15) is 0 Å². The molecule has 130 valence electrons. The number of anilines is 1. The first-order chi connectivity index (χ1) is 11.7. The van der Waals surface area contributed by atoms with E-state index in [2.05, 4.69) is 20.5 Å². The quantitative estimate of drug-likeness (QED) is 0.773. The first-order valence-electron chi connectivity index (χ1n) is 8.45. The normalized spacial score (nSPS) is 18.7. The van der Waals surface area contributed by atoms with Crippen LogP contribution in [0.4, 0.5) is 10.5 Å². The summed E-state index contributed by atoms with van der Waals surface area (Å²) in [5, 5.41) is 15.0. The summed E-state index contributed by atoms with van der Waals surface area (Å²) in [6, 6.07) is 5.48. The Morgan fingerprint density at radius 2 is 2.33 bits per heavy atom. The first-order valence-corrected chi connectivity index (χ1v) is 8.45. The number of aliphatic hydroxyl groups excluding tert-OH is 1. The summed E-state index contributed by atoms with van der Waals surface area (Å²) in [6.07, 6.45) is 3.96. The molecule has 2 aromatic rings. The number of aromatic nitrogens is 2. The van der Waals surface area contributed by atoms with Crippen LogP contribution < -0.4 is 10.6 Å². The van der Waals surface area contributed by atoms with E-state index in [4.69, 9.17) is 0 Å². The number of carbonyl (C=O) groups is 1. The lowest BCUT2D eigenvalue weighted by molar-refractivity contribution is 0.121. The minimum Gasteiger partial charge on any atom is -0.396 e. The van der Waals surface area contributed by atoms with Crippen LogP contribution in [0.3, 0.4) is 0 Å². The van der Waals surface area contributed by atoms with E-state index in [0.29, 0.717) is 12.5 Å². The van der Waals surface area contributed by atoms with Gasteiger partial charge >= 0.3 is 6.03 Å². The molecule has 1 aliphatic rings. The van der Waals surface area contributed by atoms with E-state index in [1.165, 1.54) is 0 Å². The molecule has 2 amide bonds. The van der Waals surface area contributed by atoms with Crippen molar-refractivity contribution >= 4 is 22.8 Å². The Kier molecular flexibility index (Phi) is 5.32.